The van der Waals surface area contributed by atoms with Gasteiger partial charge in [-0.2, -0.15) is 26.3 Å². The van der Waals surface area contributed by atoms with E-state index in [2.05, 4.69) is 14.9 Å². The Balaban J connectivity index is 0.000000235. The van der Waals surface area contributed by atoms with Crippen LogP contribution in [0.1, 0.15) is 49.3 Å². The van der Waals surface area contributed by atoms with Crippen molar-refractivity contribution < 1.29 is 68.8 Å². The molecule has 2 unspecified atom stereocenters. The van der Waals surface area contributed by atoms with Crippen LogP contribution in [-0.2, 0) is 31.4 Å². The molecule has 20 heteroatoms. The maximum Gasteiger partial charge on any atom is 0.416 e. The largest absolute Gasteiger partial charge is 0.478 e. The summed E-state index contributed by atoms with van der Waals surface area (Å²) in [6.07, 6.45) is -12.4. The van der Waals surface area contributed by atoms with Gasteiger partial charge in [-0.1, -0.05) is 86.6 Å². The van der Waals surface area contributed by atoms with Crippen molar-refractivity contribution in [1.29, 1.82) is 0 Å². The van der Waals surface area contributed by atoms with Gasteiger partial charge in [-0.05, 0) is 84.9 Å². The second-order valence-corrected chi connectivity index (χ2v) is 16.3. The number of benzene rings is 6. The van der Waals surface area contributed by atoms with Gasteiger partial charge in [-0.25, -0.2) is 19.6 Å². The van der Waals surface area contributed by atoms with E-state index >= 15 is 0 Å². The van der Waals surface area contributed by atoms with Crippen molar-refractivity contribution >= 4 is 57.3 Å². The predicted octanol–water partition coefficient (Wildman–Crippen LogP) is 13.8. The molecule has 0 amide bonds. The molecular formula is C52H45Cl2F6N3O9. The highest BCUT2D eigenvalue weighted by atomic mass is 35.5. The second-order valence-electron chi connectivity index (χ2n) is 15.5. The second kappa shape index (κ2) is 23.4. The summed E-state index contributed by atoms with van der Waals surface area (Å²) in [7, 11) is 0. The number of aliphatic carboxylic acids is 1. The molecule has 0 bridgehead atoms. The quantitative estimate of drug-likeness (QED) is 0.0866. The minimum atomic E-state index is -4.62. The van der Waals surface area contributed by atoms with Gasteiger partial charge in [0, 0.05) is 40.8 Å². The van der Waals surface area contributed by atoms with Crippen molar-refractivity contribution in [3.63, 3.8) is 0 Å². The van der Waals surface area contributed by atoms with Crippen LogP contribution in [0.4, 0.5) is 26.3 Å². The van der Waals surface area contributed by atoms with Crippen LogP contribution >= 0.6 is 23.2 Å². The minimum Gasteiger partial charge on any atom is -0.478 e. The number of hydrogen-bond acceptors (Lipinski definition) is 11. The summed E-state index contributed by atoms with van der Waals surface area (Å²) >= 11 is 12.3. The third-order valence-electron chi connectivity index (χ3n) is 10.6. The number of morpholine rings is 1. The molecule has 1 N–H and O–H groups in total. The lowest BCUT2D eigenvalue weighted by atomic mass is 10.1. The van der Waals surface area contributed by atoms with Crippen molar-refractivity contribution in [2.75, 3.05) is 39.5 Å². The highest BCUT2D eigenvalue weighted by molar-refractivity contribution is 6.31. The van der Waals surface area contributed by atoms with Gasteiger partial charge in [0.05, 0.1) is 35.5 Å². The van der Waals surface area contributed by atoms with Gasteiger partial charge in [0.1, 0.15) is 29.1 Å². The Bertz CT molecular complexity index is 3070. The third kappa shape index (κ3) is 13.2. The van der Waals surface area contributed by atoms with Crippen LogP contribution < -0.4 is 9.47 Å². The summed E-state index contributed by atoms with van der Waals surface area (Å²) < 4.78 is 114. The Kier molecular flexibility index (Phi) is 17.6. The topological polar surface area (TPSA) is 147 Å². The molecule has 2 aromatic heterocycles. The Morgan fingerprint density at radius 2 is 1.08 bits per heavy atom. The van der Waals surface area contributed by atoms with Gasteiger partial charge >= 0.3 is 24.3 Å². The Hall–Kier alpha value is -7.12. The number of aromatic nitrogens is 2. The number of alkyl halides is 6. The lowest BCUT2D eigenvalue weighted by Gasteiger charge is -2.26. The molecule has 1 aliphatic rings. The van der Waals surface area contributed by atoms with Crippen LogP contribution in [0.25, 0.3) is 45.1 Å². The average Bonchev–Trinajstić information content (AvgIpc) is 3.98. The van der Waals surface area contributed by atoms with E-state index in [4.69, 9.17) is 51.0 Å². The molecule has 3 heterocycles. The number of para-hydroxylation sites is 4. The van der Waals surface area contributed by atoms with E-state index in [9.17, 15) is 41.0 Å². The number of carbonyl (C=O) groups is 2. The number of halogens is 8. The van der Waals surface area contributed by atoms with Crippen molar-refractivity contribution in [2.45, 2.75) is 39.4 Å². The number of carboxylic acid groups (broad SMARTS) is 1. The van der Waals surface area contributed by atoms with Crippen LogP contribution in [0, 0.1) is 0 Å². The number of esters is 1. The fourth-order valence-corrected chi connectivity index (χ4v) is 7.56. The molecule has 8 aromatic rings. The number of carbonyl (C=O) groups excluding carboxylic acids is 1. The minimum absolute atomic E-state index is 0. The maximum atomic E-state index is 13.5. The number of rotatable bonds is 13. The van der Waals surface area contributed by atoms with Gasteiger partial charge in [-0.3, -0.25) is 4.90 Å². The molecule has 1 aliphatic heterocycles. The van der Waals surface area contributed by atoms with Gasteiger partial charge in [0.25, 0.3) is 0 Å². The van der Waals surface area contributed by atoms with E-state index in [1.165, 1.54) is 48.5 Å². The summed E-state index contributed by atoms with van der Waals surface area (Å²) in [6, 6.07) is 31.4. The molecule has 0 aliphatic carbocycles. The van der Waals surface area contributed by atoms with Crippen molar-refractivity contribution in [3.8, 4) is 34.4 Å². The Morgan fingerprint density at radius 3 is 1.54 bits per heavy atom. The first kappa shape index (κ1) is 54.2. The number of nitrogens with zero attached hydrogens (tertiary/aromatic N) is 3. The number of oxazole rings is 2. The molecule has 72 heavy (non-hydrogen) atoms. The van der Waals surface area contributed by atoms with Crippen LogP contribution in [0.3, 0.4) is 0 Å². The normalized spacial score (nSPS) is 13.7. The zero-order valence-electron chi connectivity index (χ0n) is 36.2. The van der Waals surface area contributed by atoms with E-state index in [1.807, 2.05) is 0 Å². The van der Waals surface area contributed by atoms with Gasteiger partial charge in [0.2, 0.25) is 24.0 Å². The monoisotopic (exact) mass is 1040 g/mol. The molecule has 6 aromatic carbocycles. The van der Waals surface area contributed by atoms with Crippen molar-refractivity contribution in [2.24, 2.45) is 0 Å². The first-order chi connectivity index (χ1) is 33.5. The first-order valence-corrected chi connectivity index (χ1v) is 21.9. The first-order valence-electron chi connectivity index (χ1n) is 21.2. The SMILES string of the molecule is C.C.O=C(O)C(Oc1ccc(Cl)cc1-c1nc2ccccc2o1)c1cccc(C(F)(F)F)c1.O=C(OCCN1CCOCC1)C(Oc1ccc(Cl)cc1-c1nc2ccccc2o1)c1cccc(C(F)(F)F)c1. The third-order valence-corrected chi connectivity index (χ3v) is 11.1. The smallest absolute Gasteiger partial charge is 0.416 e. The Morgan fingerprint density at radius 1 is 0.625 bits per heavy atom. The lowest BCUT2D eigenvalue weighted by molar-refractivity contribution is -0.153. The zero-order valence-corrected chi connectivity index (χ0v) is 37.7. The number of hydrogen-bond donors (Lipinski definition) is 1. The van der Waals surface area contributed by atoms with Crippen molar-refractivity contribution in [1.82, 2.24) is 14.9 Å². The predicted molar refractivity (Wildman–Crippen MR) is 258 cm³/mol. The highest BCUT2D eigenvalue weighted by Gasteiger charge is 2.35. The molecule has 0 spiro atoms. The fraction of sp³-hybridized carbons (Fsp3) is 0.231. The highest BCUT2D eigenvalue weighted by Crippen LogP contribution is 2.40. The van der Waals surface area contributed by atoms with E-state index in [0.29, 0.717) is 70.7 Å². The van der Waals surface area contributed by atoms with Gasteiger partial charge in [0.15, 0.2) is 11.2 Å². The maximum absolute atomic E-state index is 13.5. The molecule has 0 radical (unpaired) electrons. The molecule has 12 nitrogen and oxygen atoms in total. The molecule has 1 fully saturated rings. The number of fused-ring (bicyclic) bond motifs is 2. The fourth-order valence-electron chi connectivity index (χ4n) is 7.22. The van der Waals surface area contributed by atoms with E-state index in [0.717, 1.165) is 30.3 Å². The average molecular weight is 1040 g/mol. The van der Waals surface area contributed by atoms with Crippen LogP contribution in [0.5, 0.6) is 11.5 Å². The van der Waals surface area contributed by atoms with E-state index in [1.54, 1.807) is 54.6 Å². The molecular weight excluding hydrogens is 995 g/mol. The number of ether oxygens (including phenoxy) is 4. The summed E-state index contributed by atoms with van der Waals surface area (Å²) in [6.45, 7) is 3.06. The van der Waals surface area contributed by atoms with Crippen LogP contribution in [0.15, 0.2) is 142 Å². The zero-order chi connectivity index (χ0) is 49.6. The summed E-state index contributed by atoms with van der Waals surface area (Å²) in [5.74, 6) is -1.80. The molecule has 378 valence electrons. The van der Waals surface area contributed by atoms with E-state index < -0.39 is 47.6 Å². The Labute approximate surface area is 418 Å². The lowest BCUT2D eigenvalue weighted by Crippen LogP contribution is -2.38. The molecule has 2 atom stereocenters. The van der Waals surface area contributed by atoms with Gasteiger partial charge in [-0.15, -0.1) is 0 Å². The standard InChI is InChI=1S/C28H24ClF3N2O5.C22H13ClF3NO4.2CH4/c29-20-8-9-23(21(17-20)26-33-22-6-1-2-7-24(22)39-26)38-25(18-4-3-5-19(16-18)28(30,31)32)27(35)37-15-12-34-10-13-36-14-11-34;23-14-8-9-17(15(11-14)20-27-16-6-1-2-7-18(16)31-20)30-19(21(28)29)12-4-3-5-13(10-12)22(24,25)26;;/h1-9,16-17,25H,10-15H2;1-11,19H,(H,28,29);2*1H4. The van der Waals surface area contributed by atoms with Crippen LogP contribution in [-0.4, -0.2) is 71.4 Å². The summed E-state index contributed by atoms with van der Waals surface area (Å²) in [5, 5.41) is 10.3. The molecule has 0 saturated carbocycles. The molecule has 9 rings (SSSR count). The van der Waals surface area contributed by atoms with Crippen molar-refractivity contribution in [3.05, 3.63) is 166 Å². The van der Waals surface area contributed by atoms with Gasteiger partial charge < -0.3 is 32.9 Å². The van der Waals surface area contributed by atoms with Crippen LogP contribution in [0.2, 0.25) is 10.0 Å². The van der Waals surface area contributed by atoms with E-state index in [-0.39, 0.29) is 61.4 Å². The summed E-state index contributed by atoms with van der Waals surface area (Å²) in [4.78, 5) is 36.0. The molecule has 1 saturated heterocycles. The number of carboxylic acids is 1. The summed E-state index contributed by atoms with van der Waals surface area (Å²) in [5.41, 5.74) is 0.706.